The highest BCUT2D eigenvalue weighted by molar-refractivity contribution is 7.88. The highest BCUT2D eigenvalue weighted by atomic mass is 32.2. The second-order valence-electron chi connectivity index (χ2n) is 4.46. The Balaban J connectivity index is 2.43. The topological polar surface area (TPSA) is 75.7 Å². The first kappa shape index (κ1) is 15.4. The van der Waals surface area contributed by atoms with Crippen LogP contribution in [0.4, 0.5) is 0 Å². The minimum Gasteiger partial charge on any atom is -0.377 e. The zero-order valence-corrected chi connectivity index (χ0v) is 11.8. The molecule has 1 aliphatic rings. The van der Waals surface area contributed by atoms with Crippen molar-refractivity contribution in [1.29, 1.82) is 0 Å². The molecular weight excluding hydrogens is 256 g/mol. The molecule has 0 aliphatic carbocycles. The summed E-state index contributed by atoms with van der Waals surface area (Å²) in [6.45, 7) is 3.47. The average molecular weight is 278 g/mol. The van der Waals surface area contributed by atoms with Crippen molar-refractivity contribution in [2.24, 2.45) is 0 Å². The molecule has 1 heterocycles. The summed E-state index contributed by atoms with van der Waals surface area (Å²) in [6.07, 6.45) is 3.46. The molecule has 0 aromatic heterocycles. The standard InChI is InChI=1S/C11H22N2O4S/c1-3-11(14)12-6-7-13(18(2,15)16)9-10-5-4-8-17-10/h10H,3-9H2,1-2H3,(H,12,14). The molecule has 0 bridgehead atoms. The van der Waals surface area contributed by atoms with E-state index in [2.05, 4.69) is 5.32 Å². The molecule has 0 radical (unpaired) electrons. The van der Waals surface area contributed by atoms with Crippen molar-refractivity contribution in [3.8, 4) is 0 Å². The van der Waals surface area contributed by atoms with Crippen molar-refractivity contribution in [3.05, 3.63) is 0 Å². The molecule has 1 N–H and O–H groups in total. The van der Waals surface area contributed by atoms with Crippen LogP contribution in [0, 0.1) is 0 Å². The van der Waals surface area contributed by atoms with E-state index >= 15 is 0 Å². The van der Waals surface area contributed by atoms with E-state index in [1.807, 2.05) is 0 Å². The molecule has 7 heteroatoms. The van der Waals surface area contributed by atoms with Gasteiger partial charge in [-0.05, 0) is 12.8 Å². The van der Waals surface area contributed by atoms with Crippen LogP contribution >= 0.6 is 0 Å². The number of rotatable bonds is 7. The Morgan fingerprint density at radius 1 is 1.50 bits per heavy atom. The Labute approximate surface area is 109 Å². The van der Waals surface area contributed by atoms with Crippen LogP contribution in [-0.2, 0) is 19.6 Å². The lowest BCUT2D eigenvalue weighted by Crippen LogP contribution is -2.41. The molecule has 6 nitrogen and oxygen atoms in total. The van der Waals surface area contributed by atoms with Gasteiger partial charge in [0.2, 0.25) is 15.9 Å². The Kier molecular flexibility index (Phi) is 6.04. The van der Waals surface area contributed by atoms with E-state index in [1.165, 1.54) is 10.6 Å². The summed E-state index contributed by atoms with van der Waals surface area (Å²) in [4.78, 5) is 11.1. The van der Waals surface area contributed by atoms with Crippen LogP contribution < -0.4 is 5.32 Å². The Morgan fingerprint density at radius 3 is 2.72 bits per heavy atom. The predicted molar refractivity (Wildman–Crippen MR) is 68.7 cm³/mol. The number of carbonyl (C=O) groups excluding carboxylic acids is 1. The Hall–Kier alpha value is -0.660. The summed E-state index contributed by atoms with van der Waals surface area (Å²) in [5, 5.41) is 2.67. The molecule has 1 fully saturated rings. The lowest BCUT2D eigenvalue weighted by atomic mass is 10.2. The van der Waals surface area contributed by atoms with Crippen molar-refractivity contribution < 1.29 is 17.9 Å². The molecule has 1 saturated heterocycles. The van der Waals surface area contributed by atoms with E-state index in [1.54, 1.807) is 6.92 Å². The van der Waals surface area contributed by atoms with Gasteiger partial charge in [-0.25, -0.2) is 8.42 Å². The number of ether oxygens (including phenoxy) is 1. The summed E-state index contributed by atoms with van der Waals surface area (Å²) in [5.74, 6) is -0.0689. The fourth-order valence-electron chi connectivity index (χ4n) is 1.85. The monoisotopic (exact) mass is 278 g/mol. The number of nitrogens with one attached hydrogen (secondary N) is 1. The number of amides is 1. The quantitative estimate of drug-likeness (QED) is 0.708. The second kappa shape index (κ2) is 7.06. The summed E-state index contributed by atoms with van der Waals surface area (Å²) in [7, 11) is -3.26. The molecule has 0 spiro atoms. The van der Waals surface area contributed by atoms with Crippen molar-refractivity contribution in [2.45, 2.75) is 32.3 Å². The fourth-order valence-corrected chi connectivity index (χ4v) is 2.71. The highest BCUT2D eigenvalue weighted by Gasteiger charge is 2.24. The number of carbonyl (C=O) groups is 1. The molecule has 1 atom stereocenters. The first-order chi connectivity index (χ1) is 8.43. The van der Waals surface area contributed by atoms with Crippen LogP contribution in [0.3, 0.4) is 0 Å². The third-order valence-electron chi connectivity index (χ3n) is 2.90. The summed E-state index contributed by atoms with van der Waals surface area (Å²) >= 11 is 0. The lowest BCUT2D eigenvalue weighted by Gasteiger charge is -2.23. The molecule has 0 aromatic rings. The normalized spacial score (nSPS) is 20.3. The van der Waals surface area contributed by atoms with Gasteiger partial charge < -0.3 is 10.1 Å². The van der Waals surface area contributed by atoms with E-state index < -0.39 is 10.0 Å². The smallest absolute Gasteiger partial charge is 0.219 e. The molecule has 1 rings (SSSR count). The first-order valence-corrected chi connectivity index (χ1v) is 8.11. The maximum Gasteiger partial charge on any atom is 0.219 e. The molecule has 0 aromatic carbocycles. The van der Waals surface area contributed by atoms with Gasteiger partial charge in [-0.2, -0.15) is 4.31 Å². The number of hydrogen-bond donors (Lipinski definition) is 1. The molecule has 106 valence electrons. The van der Waals surface area contributed by atoms with Gasteiger partial charge in [-0.1, -0.05) is 6.92 Å². The van der Waals surface area contributed by atoms with Crippen LogP contribution in [0.1, 0.15) is 26.2 Å². The number of hydrogen-bond acceptors (Lipinski definition) is 4. The van der Waals surface area contributed by atoms with Crippen LogP contribution in [0.15, 0.2) is 0 Å². The third-order valence-corrected chi connectivity index (χ3v) is 4.17. The van der Waals surface area contributed by atoms with Gasteiger partial charge >= 0.3 is 0 Å². The van der Waals surface area contributed by atoms with E-state index in [4.69, 9.17) is 4.74 Å². The van der Waals surface area contributed by atoms with E-state index in [-0.39, 0.29) is 12.0 Å². The summed E-state index contributed by atoms with van der Waals surface area (Å²) < 4.78 is 30.1. The van der Waals surface area contributed by atoms with E-state index in [0.29, 0.717) is 32.7 Å². The van der Waals surface area contributed by atoms with Gasteiger partial charge in [0.1, 0.15) is 0 Å². The van der Waals surface area contributed by atoms with Crippen LogP contribution in [0.25, 0.3) is 0 Å². The lowest BCUT2D eigenvalue weighted by molar-refractivity contribution is -0.120. The molecule has 1 amide bonds. The van der Waals surface area contributed by atoms with E-state index in [0.717, 1.165) is 12.8 Å². The molecule has 1 aliphatic heterocycles. The molecule has 1 unspecified atom stereocenters. The van der Waals surface area contributed by atoms with Crippen molar-refractivity contribution in [2.75, 3.05) is 32.5 Å². The zero-order chi connectivity index (χ0) is 13.6. The average Bonchev–Trinajstić information content (AvgIpc) is 2.79. The fraction of sp³-hybridized carbons (Fsp3) is 0.909. The molecule has 18 heavy (non-hydrogen) atoms. The molecule has 0 saturated carbocycles. The second-order valence-corrected chi connectivity index (χ2v) is 6.44. The summed E-state index contributed by atoms with van der Waals surface area (Å²) in [5.41, 5.74) is 0. The van der Waals surface area contributed by atoms with Crippen molar-refractivity contribution >= 4 is 15.9 Å². The summed E-state index contributed by atoms with van der Waals surface area (Å²) in [6, 6.07) is 0. The highest BCUT2D eigenvalue weighted by Crippen LogP contribution is 2.14. The Morgan fingerprint density at radius 2 is 2.22 bits per heavy atom. The largest absolute Gasteiger partial charge is 0.377 e. The Bertz CT molecular complexity index is 363. The minimum atomic E-state index is -3.26. The number of sulfonamides is 1. The number of nitrogens with zero attached hydrogens (tertiary/aromatic N) is 1. The zero-order valence-electron chi connectivity index (χ0n) is 11.0. The van der Waals surface area contributed by atoms with Crippen LogP contribution in [0.2, 0.25) is 0 Å². The first-order valence-electron chi connectivity index (χ1n) is 6.27. The van der Waals surface area contributed by atoms with Gasteiger partial charge in [0, 0.05) is 32.7 Å². The van der Waals surface area contributed by atoms with Gasteiger partial charge in [-0.3, -0.25) is 4.79 Å². The maximum atomic E-state index is 11.6. The van der Waals surface area contributed by atoms with Crippen molar-refractivity contribution in [3.63, 3.8) is 0 Å². The van der Waals surface area contributed by atoms with Gasteiger partial charge in [0.15, 0.2) is 0 Å². The minimum absolute atomic E-state index is 0.0124. The van der Waals surface area contributed by atoms with Gasteiger partial charge in [0.25, 0.3) is 0 Å². The third kappa shape index (κ3) is 5.32. The SMILES string of the molecule is CCC(=O)NCCN(CC1CCCO1)S(C)(=O)=O. The maximum absolute atomic E-state index is 11.6. The van der Waals surface area contributed by atoms with Crippen molar-refractivity contribution in [1.82, 2.24) is 9.62 Å². The van der Waals surface area contributed by atoms with Gasteiger partial charge in [0.05, 0.1) is 12.4 Å². The van der Waals surface area contributed by atoms with E-state index in [9.17, 15) is 13.2 Å². The molecular formula is C11H22N2O4S. The predicted octanol–water partition coefficient (Wildman–Crippen LogP) is -0.0468. The van der Waals surface area contributed by atoms with Crippen LogP contribution in [-0.4, -0.2) is 57.2 Å². The van der Waals surface area contributed by atoms with Crippen LogP contribution in [0.5, 0.6) is 0 Å². The van der Waals surface area contributed by atoms with Gasteiger partial charge in [-0.15, -0.1) is 0 Å².